The Kier molecular flexibility index (Phi) is 4.50. The highest BCUT2D eigenvalue weighted by atomic mass is 79.9. The first-order valence-electron chi connectivity index (χ1n) is 5.96. The van der Waals surface area contributed by atoms with Crippen molar-refractivity contribution in [2.45, 2.75) is 13.5 Å². The molecule has 0 amide bonds. The molecule has 0 spiro atoms. The Morgan fingerprint density at radius 3 is 2.79 bits per heavy atom. The zero-order valence-corrected chi connectivity index (χ0v) is 12.8. The Morgan fingerprint density at radius 1 is 1.32 bits per heavy atom. The van der Waals surface area contributed by atoms with E-state index in [1.54, 1.807) is 7.11 Å². The highest BCUT2D eigenvalue weighted by Gasteiger charge is 2.10. The Morgan fingerprint density at radius 2 is 2.11 bits per heavy atom. The maximum absolute atomic E-state index is 5.15. The average molecular weight is 322 g/mol. The SMILES string of the molecule is CNc1nc(-c2cccc(COC)c2)nc(C)c1Br. The van der Waals surface area contributed by atoms with Gasteiger partial charge in [0.2, 0.25) is 0 Å². The van der Waals surface area contributed by atoms with Crippen LogP contribution >= 0.6 is 15.9 Å². The maximum atomic E-state index is 5.15. The number of anilines is 1. The molecule has 0 radical (unpaired) electrons. The van der Waals surface area contributed by atoms with E-state index < -0.39 is 0 Å². The number of aryl methyl sites for hydroxylation is 1. The smallest absolute Gasteiger partial charge is 0.161 e. The van der Waals surface area contributed by atoms with Crippen molar-refractivity contribution in [3.8, 4) is 11.4 Å². The van der Waals surface area contributed by atoms with Gasteiger partial charge in [0.25, 0.3) is 0 Å². The van der Waals surface area contributed by atoms with Gasteiger partial charge in [-0.1, -0.05) is 18.2 Å². The van der Waals surface area contributed by atoms with E-state index in [1.165, 1.54) is 0 Å². The molecular weight excluding hydrogens is 306 g/mol. The number of benzene rings is 1. The quantitative estimate of drug-likeness (QED) is 0.937. The summed E-state index contributed by atoms with van der Waals surface area (Å²) < 4.78 is 6.04. The van der Waals surface area contributed by atoms with Crippen molar-refractivity contribution in [3.63, 3.8) is 0 Å². The van der Waals surface area contributed by atoms with Crippen LogP contribution in [0.25, 0.3) is 11.4 Å². The van der Waals surface area contributed by atoms with Crippen LogP contribution in [0.3, 0.4) is 0 Å². The zero-order chi connectivity index (χ0) is 13.8. The molecule has 0 unspecified atom stereocenters. The second-order valence-corrected chi connectivity index (χ2v) is 4.97. The molecule has 0 atom stereocenters. The topological polar surface area (TPSA) is 47.0 Å². The van der Waals surface area contributed by atoms with Crippen LogP contribution in [0.2, 0.25) is 0 Å². The number of nitrogens with zero attached hydrogens (tertiary/aromatic N) is 2. The summed E-state index contributed by atoms with van der Waals surface area (Å²) in [5.74, 6) is 1.50. The minimum atomic E-state index is 0.586. The molecule has 0 bridgehead atoms. The third-order valence-electron chi connectivity index (χ3n) is 2.75. The van der Waals surface area contributed by atoms with Gasteiger partial charge in [-0.3, -0.25) is 0 Å². The van der Waals surface area contributed by atoms with Gasteiger partial charge in [0, 0.05) is 19.7 Å². The number of hydrogen-bond acceptors (Lipinski definition) is 4. The van der Waals surface area contributed by atoms with Crippen LogP contribution in [0.5, 0.6) is 0 Å². The molecule has 0 aliphatic rings. The normalized spacial score (nSPS) is 10.5. The largest absolute Gasteiger partial charge is 0.380 e. The number of methoxy groups -OCH3 is 1. The first-order chi connectivity index (χ1) is 9.15. The van der Waals surface area contributed by atoms with Crippen molar-refractivity contribution < 1.29 is 4.74 Å². The molecule has 4 nitrogen and oxygen atoms in total. The van der Waals surface area contributed by atoms with E-state index >= 15 is 0 Å². The summed E-state index contributed by atoms with van der Waals surface area (Å²) in [5.41, 5.74) is 3.00. The lowest BCUT2D eigenvalue weighted by Gasteiger charge is -2.09. The van der Waals surface area contributed by atoms with E-state index in [1.807, 2.05) is 38.2 Å². The molecule has 0 saturated heterocycles. The number of halogens is 1. The van der Waals surface area contributed by atoms with Gasteiger partial charge < -0.3 is 10.1 Å². The highest BCUT2D eigenvalue weighted by molar-refractivity contribution is 9.10. The zero-order valence-electron chi connectivity index (χ0n) is 11.2. The fourth-order valence-corrected chi connectivity index (χ4v) is 2.20. The van der Waals surface area contributed by atoms with Crippen LogP contribution in [0.4, 0.5) is 5.82 Å². The second kappa shape index (κ2) is 6.12. The molecule has 1 N–H and O–H groups in total. The van der Waals surface area contributed by atoms with Gasteiger partial charge in [-0.25, -0.2) is 9.97 Å². The predicted octanol–water partition coefficient (Wildman–Crippen LogP) is 3.40. The van der Waals surface area contributed by atoms with Crippen molar-refractivity contribution in [3.05, 3.63) is 40.0 Å². The number of hydrogen-bond donors (Lipinski definition) is 1. The van der Waals surface area contributed by atoms with Gasteiger partial charge in [0.15, 0.2) is 5.82 Å². The van der Waals surface area contributed by atoms with E-state index in [4.69, 9.17) is 4.74 Å². The first-order valence-corrected chi connectivity index (χ1v) is 6.75. The van der Waals surface area contributed by atoms with Crippen molar-refractivity contribution in [2.75, 3.05) is 19.5 Å². The highest BCUT2D eigenvalue weighted by Crippen LogP contribution is 2.26. The lowest BCUT2D eigenvalue weighted by molar-refractivity contribution is 0.185. The monoisotopic (exact) mass is 321 g/mol. The predicted molar refractivity (Wildman–Crippen MR) is 80.2 cm³/mol. The number of nitrogens with one attached hydrogen (secondary N) is 1. The third-order valence-corrected chi connectivity index (χ3v) is 3.70. The van der Waals surface area contributed by atoms with Crippen LogP contribution in [-0.4, -0.2) is 24.1 Å². The molecule has 0 aliphatic carbocycles. The lowest BCUT2D eigenvalue weighted by atomic mass is 10.1. The van der Waals surface area contributed by atoms with E-state index in [9.17, 15) is 0 Å². The van der Waals surface area contributed by atoms with Gasteiger partial charge in [0.05, 0.1) is 16.8 Å². The van der Waals surface area contributed by atoms with E-state index in [0.717, 1.165) is 27.1 Å². The second-order valence-electron chi connectivity index (χ2n) is 4.18. The lowest BCUT2D eigenvalue weighted by Crippen LogP contribution is -2.01. The fraction of sp³-hybridized carbons (Fsp3) is 0.286. The van der Waals surface area contributed by atoms with Crippen LogP contribution in [0.15, 0.2) is 28.7 Å². The van der Waals surface area contributed by atoms with E-state index in [0.29, 0.717) is 12.4 Å². The summed E-state index contributed by atoms with van der Waals surface area (Å²) in [5, 5.41) is 3.06. The Labute approximate surface area is 121 Å². The molecule has 5 heteroatoms. The molecule has 0 fully saturated rings. The Hall–Kier alpha value is -1.46. The standard InChI is InChI=1S/C14H16BrN3O/c1-9-12(15)14(16-2)18-13(17-9)11-6-4-5-10(7-11)8-19-3/h4-7H,8H2,1-3H3,(H,16,17,18). The minimum absolute atomic E-state index is 0.586. The molecule has 0 saturated carbocycles. The van der Waals surface area contributed by atoms with Crippen molar-refractivity contribution in [1.29, 1.82) is 0 Å². The molecule has 100 valence electrons. The van der Waals surface area contributed by atoms with Crippen LogP contribution < -0.4 is 5.32 Å². The molecule has 19 heavy (non-hydrogen) atoms. The van der Waals surface area contributed by atoms with Gasteiger partial charge in [0.1, 0.15) is 5.82 Å². The molecule has 0 aliphatic heterocycles. The van der Waals surface area contributed by atoms with E-state index in [2.05, 4.69) is 31.2 Å². The van der Waals surface area contributed by atoms with Gasteiger partial charge in [-0.2, -0.15) is 0 Å². The maximum Gasteiger partial charge on any atom is 0.161 e. The number of rotatable bonds is 4. The average Bonchev–Trinajstić information content (AvgIpc) is 2.42. The summed E-state index contributed by atoms with van der Waals surface area (Å²) >= 11 is 3.48. The van der Waals surface area contributed by atoms with Crippen molar-refractivity contribution >= 4 is 21.7 Å². The molecule has 2 rings (SSSR count). The van der Waals surface area contributed by atoms with Gasteiger partial charge in [-0.15, -0.1) is 0 Å². The fourth-order valence-electron chi connectivity index (χ4n) is 1.82. The Bertz CT molecular complexity index is 587. The third kappa shape index (κ3) is 3.11. The summed E-state index contributed by atoms with van der Waals surface area (Å²) in [6.07, 6.45) is 0. The van der Waals surface area contributed by atoms with E-state index in [-0.39, 0.29) is 0 Å². The number of ether oxygens (including phenoxy) is 1. The van der Waals surface area contributed by atoms with Crippen LogP contribution in [0.1, 0.15) is 11.3 Å². The summed E-state index contributed by atoms with van der Waals surface area (Å²) in [6.45, 7) is 2.54. The molecule has 1 aromatic carbocycles. The minimum Gasteiger partial charge on any atom is -0.380 e. The van der Waals surface area contributed by atoms with Crippen molar-refractivity contribution in [1.82, 2.24) is 9.97 Å². The molecule has 1 aromatic heterocycles. The van der Waals surface area contributed by atoms with Gasteiger partial charge >= 0.3 is 0 Å². The van der Waals surface area contributed by atoms with Gasteiger partial charge in [-0.05, 0) is 34.5 Å². The summed E-state index contributed by atoms with van der Waals surface area (Å²) in [6, 6.07) is 8.06. The number of aromatic nitrogens is 2. The molecular formula is C14H16BrN3O. The van der Waals surface area contributed by atoms with Crippen molar-refractivity contribution in [2.24, 2.45) is 0 Å². The van der Waals surface area contributed by atoms with Crippen LogP contribution in [0, 0.1) is 6.92 Å². The Balaban J connectivity index is 2.46. The first kappa shape index (κ1) is 14.0. The molecule has 1 heterocycles. The van der Waals surface area contributed by atoms with Crippen LogP contribution in [-0.2, 0) is 11.3 Å². The molecule has 2 aromatic rings. The summed E-state index contributed by atoms with van der Waals surface area (Å²) in [4.78, 5) is 9.03. The summed E-state index contributed by atoms with van der Waals surface area (Å²) in [7, 11) is 3.53.